The Hall–Kier alpha value is -3.58. The molecule has 2 aromatic carbocycles. The number of carbonyl (C=O) groups excluding carboxylic acids is 1. The summed E-state index contributed by atoms with van der Waals surface area (Å²) in [6.45, 7) is 3.64. The van der Waals surface area contributed by atoms with Crippen LogP contribution >= 0.6 is 0 Å². The summed E-state index contributed by atoms with van der Waals surface area (Å²) in [7, 11) is 1.65. The number of carbonyl (C=O) groups is 1. The molecule has 0 saturated carbocycles. The summed E-state index contributed by atoms with van der Waals surface area (Å²) in [5.41, 5.74) is 2.22. The molecule has 0 atom stereocenters. The number of aliphatic imine (C=N–C) groups is 1. The zero-order valence-electron chi connectivity index (χ0n) is 19.6. The average molecular weight is 517 g/mol. The summed E-state index contributed by atoms with van der Waals surface area (Å²) >= 11 is 0. The third kappa shape index (κ3) is 7.99. The number of H-pyrrole nitrogens is 1. The molecule has 0 unspecified atom stereocenters. The minimum Gasteiger partial charge on any atom is -0.461 e. The summed E-state index contributed by atoms with van der Waals surface area (Å²) < 4.78 is 78.1. The van der Waals surface area contributed by atoms with E-state index in [0.29, 0.717) is 31.0 Å². The van der Waals surface area contributed by atoms with Crippen molar-refractivity contribution in [3.05, 3.63) is 70.4 Å². The largest absolute Gasteiger partial charge is 0.461 e. The van der Waals surface area contributed by atoms with Crippen LogP contribution in [0.25, 0.3) is 10.9 Å². The first-order valence-electron chi connectivity index (χ1n) is 10.5. The fourth-order valence-corrected chi connectivity index (χ4v) is 3.12. The van der Waals surface area contributed by atoms with Gasteiger partial charge in [0.15, 0.2) is 0 Å². The standard InChI is InChI=1S/C14H19N5O2.C9H6F6/c1-3-21-14(20)13-11(8-16-9-17-19(2)15)10-6-4-5-7-12(10)18-13;1-5-2-6(8(10,11)12)4-7(3-5)9(13,14)15/h4-7,9,18H,3,8,15H2,1-2H3,(H,16,17);2-4H,1H3. The van der Waals surface area contributed by atoms with Gasteiger partial charge in [-0.2, -0.15) is 31.5 Å². The van der Waals surface area contributed by atoms with Crippen molar-refractivity contribution in [3.63, 3.8) is 0 Å². The molecule has 0 bridgehead atoms. The van der Waals surface area contributed by atoms with Gasteiger partial charge in [0.05, 0.1) is 30.6 Å². The normalized spacial score (nSPS) is 12.1. The minimum absolute atomic E-state index is 0.0721. The number of nitrogens with two attached hydrogens (primary N) is 1. The molecule has 0 aliphatic rings. The molecule has 196 valence electrons. The lowest BCUT2D eigenvalue weighted by Gasteiger charge is -2.12. The highest BCUT2D eigenvalue weighted by atomic mass is 19.4. The molecule has 3 aromatic rings. The molecule has 13 heteroatoms. The van der Waals surface area contributed by atoms with E-state index in [2.05, 4.69) is 15.4 Å². The third-order valence-electron chi connectivity index (χ3n) is 4.63. The van der Waals surface area contributed by atoms with E-state index in [4.69, 9.17) is 10.6 Å². The third-order valence-corrected chi connectivity index (χ3v) is 4.63. The van der Waals surface area contributed by atoms with E-state index in [9.17, 15) is 31.1 Å². The molecule has 4 N–H and O–H groups in total. The number of aryl methyl sites for hydroxylation is 1. The van der Waals surface area contributed by atoms with Gasteiger partial charge in [-0.1, -0.05) is 18.2 Å². The maximum atomic E-state index is 12.2. The second-order valence-electron chi connectivity index (χ2n) is 7.54. The maximum Gasteiger partial charge on any atom is 0.416 e. The van der Waals surface area contributed by atoms with E-state index in [-0.39, 0.29) is 17.6 Å². The number of benzene rings is 2. The highest BCUT2D eigenvalue weighted by Crippen LogP contribution is 2.36. The van der Waals surface area contributed by atoms with Gasteiger partial charge in [0, 0.05) is 23.5 Å². The highest BCUT2D eigenvalue weighted by Gasteiger charge is 2.36. The number of rotatable bonds is 6. The molecule has 0 radical (unpaired) electrons. The smallest absolute Gasteiger partial charge is 0.416 e. The molecule has 1 aromatic heterocycles. The Balaban J connectivity index is 0.000000269. The topological polar surface area (TPSA) is 95.7 Å². The van der Waals surface area contributed by atoms with E-state index >= 15 is 0 Å². The number of ether oxygens (including phenoxy) is 1. The quantitative estimate of drug-likeness (QED) is 0.104. The number of fused-ring (bicyclic) bond motifs is 1. The molecule has 7 nitrogen and oxygen atoms in total. The van der Waals surface area contributed by atoms with Crippen LogP contribution in [0.1, 0.15) is 39.7 Å². The van der Waals surface area contributed by atoms with Crippen LogP contribution in [0.5, 0.6) is 0 Å². The summed E-state index contributed by atoms with van der Waals surface area (Å²) in [5.74, 6) is 5.04. The van der Waals surface area contributed by atoms with Crippen molar-refractivity contribution in [1.82, 2.24) is 15.5 Å². The lowest BCUT2D eigenvalue weighted by molar-refractivity contribution is -0.143. The number of hydrogen-bond acceptors (Lipinski definition) is 5. The maximum absolute atomic E-state index is 12.2. The van der Waals surface area contributed by atoms with Crippen molar-refractivity contribution in [1.29, 1.82) is 0 Å². The Morgan fingerprint density at radius 2 is 1.69 bits per heavy atom. The Kier molecular flexibility index (Phi) is 9.48. The van der Waals surface area contributed by atoms with Gasteiger partial charge in [0.1, 0.15) is 5.69 Å². The van der Waals surface area contributed by atoms with Crippen LogP contribution in [-0.4, -0.2) is 36.1 Å². The zero-order chi connectivity index (χ0) is 27.1. The number of nitrogens with zero attached hydrogens (tertiary/aromatic N) is 2. The van der Waals surface area contributed by atoms with Gasteiger partial charge in [-0.25, -0.2) is 4.79 Å². The van der Waals surface area contributed by atoms with Crippen molar-refractivity contribution in [3.8, 4) is 0 Å². The van der Waals surface area contributed by atoms with E-state index in [1.807, 2.05) is 24.3 Å². The van der Waals surface area contributed by atoms with Crippen LogP contribution in [0.4, 0.5) is 26.3 Å². The fourth-order valence-electron chi connectivity index (χ4n) is 3.12. The first kappa shape index (κ1) is 28.7. The van der Waals surface area contributed by atoms with Crippen molar-refractivity contribution in [2.75, 3.05) is 13.7 Å². The summed E-state index contributed by atoms with van der Waals surface area (Å²) in [5, 5.41) is 2.24. The number of halogens is 6. The molecular formula is C23H25F6N5O2. The summed E-state index contributed by atoms with van der Waals surface area (Å²) in [6, 6.07) is 9.15. The molecule has 1 heterocycles. The molecule has 0 saturated heterocycles. The average Bonchev–Trinajstić information content (AvgIpc) is 3.14. The Labute approximate surface area is 202 Å². The second kappa shape index (κ2) is 11.9. The van der Waals surface area contributed by atoms with E-state index in [1.165, 1.54) is 18.4 Å². The molecule has 0 fully saturated rings. The van der Waals surface area contributed by atoms with Crippen LogP contribution in [0.2, 0.25) is 0 Å². The number of para-hydroxylation sites is 1. The molecule has 0 aliphatic heterocycles. The Bertz CT molecular complexity index is 1170. The van der Waals surface area contributed by atoms with Crippen molar-refractivity contribution in [2.45, 2.75) is 32.7 Å². The minimum atomic E-state index is -4.76. The summed E-state index contributed by atoms with van der Waals surface area (Å²) in [6.07, 6.45) is -8.03. The lowest BCUT2D eigenvalue weighted by atomic mass is 10.1. The molecule has 36 heavy (non-hydrogen) atoms. The van der Waals surface area contributed by atoms with Gasteiger partial charge < -0.3 is 9.72 Å². The van der Waals surface area contributed by atoms with Crippen molar-refractivity contribution in [2.24, 2.45) is 10.8 Å². The van der Waals surface area contributed by atoms with Crippen LogP contribution in [0, 0.1) is 6.92 Å². The number of alkyl halides is 6. The molecule has 0 amide bonds. The van der Waals surface area contributed by atoms with Crippen LogP contribution in [-0.2, 0) is 23.6 Å². The number of hydrogen-bond donors (Lipinski definition) is 3. The Morgan fingerprint density at radius 1 is 1.11 bits per heavy atom. The molecule has 0 spiro atoms. The van der Waals surface area contributed by atoms with Crippen LogP contribution in [0.3, 0.4) is 0 Å². The SMILES string of the molecule is CCOC(=O)c1[nH]c2ccccc2c1CN=CNN(C)N.Cc1cc(C(F)(F)F)cc(C(F)(F)F)c1. The first-order chi connectivity index (χ1) is 16.7. The highest BCUT2D eigenvalue weighted by molar-refractivity contribution is 5.98. The molecule has 0 aliphatic carbocycles. The number of hydrazine groups is 2. The van der Waals surface area contributed by atoms with E-state index < -0.39 is 23.5 Å². The lowest BCUT2D eigenvalue weighted by Crippen LogP contribution is -2.39. The van der Waals surface area contributed by atoms with Crippen LogP contribution in [0.15, 0.2) is 47.5 Å². The van der Waals surface area contributed by atoms with Gasteiger partial charge in [0.25, 0.3) is 0 Å². The van der Waals surface area contributed by atoms with Gasteiger partial charge in [0.2, 0.25) is 0 Å². The zero-order valence-corrected chi connectivity index (χ0v) is 19.6. The second-order valence-corrected chi connectivity index (χ2v) is 7.54. The van der Waals surface area contributed by atoms with Crippen molar-refractivity contribution < 1.29 is 35.9 Å². The van der Waals surface area contributed by atoms with Crippen LogP contribution < -0.4 is 11.3 Å². The Morgan fingerprint density at radius 3 is 2.22 bits per heavy atom. The van der Waals surface area contributed by atoms with Gasteiger partial charge in [-0.15, -0.1) is 0 Å². The first-order valence-corrected chi connectivity index (χ1v) is 10.5. The monoisotopic (exact) mass is 517 g/mol. The van der Waals surface area contributed by atoms with Gasteiger partial charge in [-0.05, 0) is 43.7 Å². The predicted molar refractivity (Wildman–Crippen MR) is 123 cm³/mol. The van der Waals surface area contributed by atoms with Gasteiger partial charge in [-0.3, -0.25) is 16.3 Å². The predicted octanol–water partition coefficient (Wildman–Crippen LogP) is 5.22. The summed E-state index contributed by atoms with van der Waals surface area (Å²) in [4.78, 5) is 19.3. The number of esters is 1. The molecule has 3 rings (SSSR count). The number of aromatic amines is 1. The van der Waals surface area contributed by atoms with E-state index in [1.54, 1.807) is 14.0 Å². The van der Waals surface area contributed by atoms with E-state index in [0.717, 1.165) is 16.5 Å². The van der Waals surface area contributed by atoms with Gasteiger partial charge >= 0.3 is 18.3 Å². The number of aromatic nitrogens is 1. The number of nitrogens with one attached hydrogen (secondary N) is 2. The fraction of sp³-hybridized carbons (Fsp3) is 0.304. The van der Waals surface area contributed by atoms with Crippen molar-refractivity contribution >= 4 is 23.2 Å². The molecular weight excluding hydrogens is 492 g/mol.